The monoisotopic (exact) mass is 362 g/mol. The summed E-state index contributed by atoms with van der Waals surface area (Å²) in [6.07, 6.45) is 7.70. The minimum absolute atomic E-state index is 0.00479. The smallest absolute Gasteiger partial charge is 0.225 e. The van der Waals surface area contributed by atoms with Crippen LogP contribution in [-0.4, -0.2) is 83.1 Å². The second-order valence-electron chi connectivity index (χ2n) is 7.64. The van der Waals surface area contributed by atoms with Crippen molar-refractivity contribution >= 4 is 11.7 Å². The van der Waals surface area contributed by atoms with E-state index in [-0.39, 0.29) is 12.3 Å². The van der Waals surface area contributed by atoms with Crippen molar-refractivity contribution < 1.29 is 19.4 Å². The maximum Gasteiger partial charge on any atom is 0.225 e. The number of anilines is 1. The van der Waals surface area contributed by atoms with Gasteiger partial charge in [0.05, 0.1) is 51.1 Å². The predicted molar refractivity (Wildman–Crippen MR) is 93.7 cm³/mol. The summed E-state index contributed by atoms with van der Waals surface area (Å²) < 4.78 is 11.9. The van der Waals surface area contributed by atoms with Gasteiger partial charge in [0.15, 0.2) is 0 Å². The number of nitrogens with zero attached hydrogens (tertiary/aromatic N) is 4. The van der Waals surface area contributed by atoms with Crippen LogP contribution in [0.1, 0.15) is 25.7 Å². The number of hydrogen-bond donors (Lipinski definition) is 1. The number of ether oxygens (including phenoxy) is 2. The molecule has 1 amide bonds. The minimum Gasteiger partial charge on any atom is -0.389 e. The highest BCUT2D eigenvalue weighted by atomic mass is 16.5. The molecule has 4 rings (SSSR count). The van der Waals surface area contributed by atoms with E-state index in [0.29, 0.717) is 46.0 Å². The lowest BCUT2D eigenvalue weighted by Crippen LogP contribution is -2.60. The van der Waals surface area contributed by atoms with Crippen LogP contribution < -0.4 is 4.90 Å². The lowest BCUT2D eigenvalue weighted by molar-refractivity contribution is -0.163. The van der Waals surface area contributed by atoms with Crippen molar-refractivity contribution in [1.29, 1.82) is 0 Å². The molecule has 1 unspecified atom stereocenters. The van der Waals surface area contributed by atoms with Gasteiger partial charge in [0.25, 0.3) is 0 Å². The van der Waals surface area contributed by atoms with E-state index in [1.54, 1.807) is 18.6 Å². The van der Waals surface area contributed by atoms with Crippen molar-refractivity contribution in [3.63, 3.8) is 0 Å². The van der Waals surface area contributed by atoms with Crippen LogP contribution in [0.15, 0.2) is 18.6 Å². The number of aromatic nitrogens is 2. The summed E-state index contributed by atoms with van der Waals surface area (Å²) in [5.41, 5.74) is -1.38. The lowest BCUT2D eigenvalue weighted by atomic mass is 9.77. The van der Waals surface area contributed by atoms with E-state index in [4.69, 9.17) is 9.47 Å². The fourth-order valence-corrected chi connectivity index (χ4v) is 3.95. The van der Waals surface area contributed by atoms with E-state index in [0.717, 1.165) is 25.1 Å². The van der Waals surface area contributed by atoms with Crippen molar-refractivity contribution in [1.82, 2.24) is 14.9 Å². The normalized spacial score (nSPS) is 28.5. The molecule has 2 aliphatic heterocycles. The molecule has 2 saturated heterocycles. The summed E-state index contributed by atoms with van der Waals surface area (Å²) in [7, 11) is 0. The second-order valence-corrected chi connectivity index (χ2v) is 7.64. The zero-order valence-electron chi connectivity index (χ0n) is 15.0. The van der Waals surface area contributed by atoms with Crippen LogP contribution in [0.2, 0.25) is 0 Å². The molecule has 1 spiro atoms. The van der Waals surface area contributed by atoms with Gasteiger partial charge < -0.3 is 24.4 Å². The van der Waals surface area contributed by atoms with E-state index in [2.05, 4.69) is 14.9 Å². The molecule has 142 valence electrons. The molecule has 3 fully saturated rings. The quantitative estimate of drug-likeness (QED) is 0.823. The maximum absolute atomic E-state index is 12.7. The van der Waals surface area contributed by atoms with Gasteiger partial charge in [-0.05, 0) is 19.3 Å². The average molecular weight is 362 g/mol. The summed E-state index contributed by atoms with van der Waals surface area (Å²) in [6, 6.07) is 0. The molecule has 1 atom stereocenters. The topological polar surface area (TPSA) is 88.0 Å². The van der Waals surface area contributed by atoms with Crippen LogP contribution in [0.5, 0.6) is 0 Å². The zero-order chi connectivity index (χ0) is 18.0. The Morgan fingerprint density at radius 2 is 2.12 bits per heavy atom. The van der Waals surface area contributed by atoms with E-state index in [1.807, 2.05) is 4.90 Å². The second kappa shape index (κ2) is 7.09. The van der Waals surface area contributed by atoms with Crippen LogP contribution in [0.4, 0.5) is 5.82 Å². The van der Waals surface area contributed by atoms with Gasteiger partial charge in [0, 0.05) is 25.5 Å². The molecule has 1 N–H and O–H groups in total. The molecule has 1 aromatic heterocycles. The summed E-state index contributed by atoms with van der Waals surface area (Å²) in [4.78, 5) is 25.2. The van der Waals surface area contributed by atoms with Crippen molar-refractivity contribution in [2.75, 3.05) is 50.9 Å². The van der Waals surface area contributed by atoms with Gasteiger partial charge in [0.2, 0.25) is 5.91 Å². The molecular formula is C18H26N4O4. The molecule has 0 bridgehead atoms. The van der Waals surface area contributed by atoms with E-state index in [9.17, 15) is 9.90 Å². The summed E-state index contributed by atoms with van der Waals surface area (Å²) >= 11 is 0. The molecule has 1 aromatic rings. The SMILES string of the molecule is O=C(CC1(O)CCC1)N1CCOC2(COCCN(c3cnccn3)C2)C1. The van der Waals surface area contributed by atoms with Gasteiger partial charge in [-0.1, -0.05) is 0 Å². The Bertz CT molecular complexity index is 639. The summed E-state index contributed by atoms with van der Waals surface area (Å²) in [5, 5.41) is 10.3. The fourth-order valence-electron chi connectivity index (χ4n) is 3.95. The third-order valence-electron chi connectivity index (χ3n) is 5.59. The highest BCUT2D eigenvalue weighted by molar-refractivity contribution is 5.77. The molecule has 3 heterocycles. The Morgan fingerprint density at radius 3 is 2.85 bits per heavy atom. The fraction of sp³-hybridized carbons (Fsp3) is 0.722. The minimum atomic E-state index is -0.797. The molecule has 26 heavy (non-hydrogen) atoms. The summed E-state index contributed by atoms with van der Waals surface area (Å²) in [5.74, 6) is 0.790. The lowest BCUT2D eigenvalue weighted by Gasteiger charge is -2.45. The van der Waals surface area contributed by atoms with Crippen LogP contribution in [0.3, 0.4) is 0 Å². The number of amides is 1. The van der Waals surface area contributed by atoms with Gasteiger partial charge in [0.1, 0.15) is 11.4 Å². The third kappa shape index (κ3) is 3.67. The van der Waals surface area contributed by atoms with Crippen LogP contribution >= 0.6 is 0 Å². The number of rotatable bonds is 3. The van der Waals surface area contributed by atoms with Crippen molar-refractivity contribution in [2.45, 2.75) is 36.9 Å². The molecule has 0 aromatic carbocycles. The van der Waals surface area contributed by atoms with E-state index >= 15 is 0 Å². The largest absolute Gasteiger partial charge is 0.389 e. The van der Waals surface area contributed by atoms with Crippen molar-refractivity contribution in [3.8, 4) is 0 Å². The summed E-state index contributed by atoms with van der Waals surface area (Å²) in [6.45, 7) is 3.83. The van der Waals surface area contributed by atoms with Gasteiger partial charge >= 0.3 is 0 Å². The predicted octanol–water partition coefficient (Wildman–Crippen LogP) is 0.216. The molecule has 1 aliphatic carbocycles. The first-order valence-corrected chi connectivity index (χ1v) is 9.31. The highest BCUT2D eigenvalue weighted by Crippen LogP contribution is 2.35. The van der Waals surface area contributed by atoms with Gasteiger partial charge in [-0.25, -0.2) is 4.98 Å². The zero-order valence-corrected chi connectivity index (χ0v) is 15.0. The number of morpholine rings is 1. The Hall–Kier alpha value is -1.77. The molecule has 1 saturated carbocycles. The number of aliphatic hydroxyl groups is 1. The highest BCUT2D eigenvalue weighted by Gasteiger charge is 2.44. The Labute approximate surface area is 153 Å². The number of hydrogen-bond acceptors (Lipinski definition) is 7. The van der Waals surface area contributed by atoms with Gasteiger partial charge in [-0.2, -0.15) is 0 Å². The van der Waals surface area contributed by atoms with Crippen LogP contribution in [-0.2, 0) is 14.3 Å². The standard InChI is InChI=1S/C18H26N4O4/c23-16(10-17(24)2-1-3-17)22-7-9-26-18(13-22)12-21(6-8-25-14-18)15-11-19-4-5-20-15/h4-5,11,24H,1-3,6-10,12-14H2. The van der Waals surface area contributed by atoms with Gasteiger partial charge in [-0.3, -0.25) is 9.78 Å². The maximum atomic E-state index is 12.7. The van der Waals surface area contributed by atoms with Crippen molar-refractivity contribution in [3.05, 3.63) is 18.6 Å². The third-order valence-corrected chi connectivity index (χ3v) is 5.59. The molecule has 8 heteroatoms. The Balaban J connectivity index is 1.46. The first-order chi connectivity index (χ1) is 12.6. The van der Waals surface area contributed by atoms with Gasteiger partial charge in [-0.15, -0.1) is 0 Å². The molecule has 3 aliphatic rings. The number of carbonyl (C=O) groups excluding carboxylic acids is 1. The molecule has 8 nitrogen and oxygen atoms in total. The average Bonchev–Trinajstić information content (AvgIpc) is 2.84. The molecular weight excluding hydrogens is 336 g/mol. The Morgan fingerprint density at radius 1 is 1.23 bits per heavy atom. The van der Waals surface area contributed by atoms with Crippen LogP contribution in [0, 0.1) is 0 Å². The van der Waals surface area contributed by atoms with E-state index < -0.39 is 11.2 Å². The molecule has 0 radical (unpaired) electrons. The van der Waals surface area contributed by atoms with Crippen molar-refractivity contribution in [2.24, 2.45) is 0 Å². The van der Waals surface area contributed by atoms with E-state index in [1.165, 1.54) is 0 Å². The van der Waals surface area contributed by atoms with Crippen LogP contribution in [0.25, 0.3) is 0 Å². The Kier molecular flexibility index (Phi) is 4.81. The first kappa shape index (κ1) is 17.6. The number of carbonyl (C=O) groups is 1. The first-order valence-electron chi connectivity index (χ1n) is 9.31.